The van der Waals surface area contributed by atoms with Crippen molar-refractivity contribution < 1.29 is 18.4 Å². The van der Waals surface area contributed by atoms with Crippen molar-refractivity contribution in [3.8, 4) is 0 Å². The zero-order valence-corrected chi connectivity index (χ0v) is 21.2. The summed E-state index contributed by atoms with van der Waals surface area (Å²) in [7, 11) is 1.68. The molecule has 4 rings (SSSR count). The van der Waals surface area contributed by atoms with Crippen molar-refractivity contribution in [2.24, 2.45) is 4.99 Å². The van der Waals surface area contributed by atoms with E-state index in [1.807, 2.05) is 22.9 Å². The van der Waals surface area contributed by atoms with Gasteiger partial charge in [0.25, 0.3) is 5.91 Å². The molecule has 0 fully saturated rings. The van der Waals surface area contributed by atoms with Crippen molar-refractivity contribution in [2.75, 3.05) is 51.4 Å². The number of amides is 1. The molecule has 0 unspecified atom stereocenters. The number of rotatable bonds is 12. The summed E-state index contributed by atoms with van der Waals surface area (Å²) >= 11 is 0. The molecule has 2 heterocycles. The molecule has 0 saturated heterocycles. The van der Waals surface area contributed by atoms with Crippen molar-refractivity contribution in [3.05, 3.63) is 77.0 Å². The Bertz CT molecular complexity index is 1170. The fraction of sp³-hybridized carbons (Fsp3) is 0.385. The summed E-state index contributed by atoms with van der Waals surface area (Å²) in [5.74, 6) is -0.626. The van der Waals surface area contributed by atoms with Crippen LogP contribution in [0.25, 0.3) is 0 Å². The second-order valence-electron chi connectivity index (χ2n) is 8.90. The number of benzene rings is 2. The van der Waals surface area contributed by atoms with Crippen molar-refractivity contribution in [3.63, 3.8) is 0 Å². The number of amidine groups is 1. The molecular formula is C26H33F2N7O2. The van der Waals surface area contributed by atoms with Crippen molar-refractivity contribution in [1.29, 1.82) is 0 Å². The summed E-state index contributed by atoms with van der Waals surface area (Å²) in [6.45, 7) is 9.64. The highest BCUT2D eigenvalue weighted by molar-refractivity contribution is 5.99. The Hall–Kier alpha value is -3.54. The van der Waals surface area contributed by atoms with Gasteiger partial charge in [-0.05, 0) is 36.4 Å². The number of carbonyl (C=O) groups excluding carboxylic acids is 1. The summed E-state index contributed by atoms with van der Waals surface area (Å²) < 4.78 is 28.8. The minimum Gasteiger partial charge on any atom is -0.386 e. The molecule has 198 valence electrons. The Morgan fingerprint density at radius 1 is 1.19 bits per heavy atom. The number of hydrogen-bond acceptors (Lipinski definition) is 8. The van der Waals surface area contributed by atoms with Crippen LogP contribution in [0.5, 0.6) is 0 Å². The Kier molecular flexibility index (Phi) is 8.70. The van der Waals surface area contributed by atoms with Crippen LogP contribution in [-0.4, -0.2) is 68.3 Å². The van der Waals surface area contributed by atoms with Crippen molar-refractivity contribution in [1.82, 2.24) is 26.1 Å². The normalized spacial score (nSPS) is 14.6. The average molecular weight is 514 g/mol. The van der Waals surface area contributed by atoms with Crippen LogP contribution in [0.15, 0.2) is 53.7 Å². The number of fused-ring (bicyclic) bond motifs is 1. The monoisotopic (exact) mass is 513 g/mol. The number of hydrogen-bond donors (Lipinski definition) is 3. The van der Waals surface area contributed by atoms with E-state index in [1.54, 1.807) is 25.2 Å². The maximum absolute atomic E-state index is 14.6. The van der Waals surface area contributed by atoms with E-state index < -0.39 is 5.82 Å². The number of halogens is 2. The van der Waals surface area contributed by atoms with Gasteiger partial charge in [-0.25, -0.2) is 24.3 Å². The molecule has 0 aliphatic carbocycles. The molecular weight excluding hydrogens is 480 g/mol. The van der Waals surface area contributed by atoms with E-state index in [0.717, 1.165) is 24.4 Å². The standard InChI is InChI=1S/C26H33F2N7O2/c1-4-29-10-11-30-18(2)13-34(20-8-9-24(28)21(12-20)26-31-17-37-32-26)16-25(36)33(3)35-14-19-6-5-7-23(27)22(19)15-35/h5-9,12,29-30H,2,4,10-11,13-17H2,1,3H3,(H,31,32). The molecule has 2 aliphatic heterocycles. The predicted octanol–water partition coefficient (Wildman–Crippen LogP) is 2.11. The van der Waals surface area contributed by atoms with E-state index in [0.29, 0.717) is 43.3 Å². The Balaban J connectivity index is 1.50. The summed E-state index contributed by atoms with van der Waals surface area (Å²) in [5, 5.41) is 9.84. The Morgan fingerprint density at radius 2 is 2.03 bits per heavy atom. The number of anilines is 1. The first kappa shape index (κ1) is 26.5. The highest BCUT2D eigenvalue weighted by atomic mass is 19.1. The molecule has 2 aromatic rings. The van der Waals surface area contributed by atoms with Gasteiger partial charge in [-0.2, -0.15) is 0 Å². The smallest absolute Gasteiger partial charge is 0.256 e. The lowest BCUT2D eigenvalue weighted by molar-refractivity contribution is -0.145. The number of hydroxylamine groups is 1. The number of likely N-dealkylation sites (N-methyl/N-ethyl adjacent to an activating group) is 2. The Morgan fingerprint density at radius 3 is 2.76 bits per heavy atom. The molecule has 11 heteroatoms. The van der Waals surface area contributed by atoms with Crippen LogP contribution in [0.4, 0.5) is 14.5 Å². The van der Waals surface area contributed by atoms with E-state index in [9.17, 15) is 13.6 Å². The second kappa shape index (κ2) is 12.1. The van der Waals surface area contributed by atoms with Crippen LogP contribution >= 0.6 is 0 Å². The van der Waals surface area contributed by atoms with Gasteiger partial charge >= 0.3 is 0 Å². The zero-order valence-electron chi connectivity index (χ0n) is 21.2. The predicted molar refractivity (Wildman–Crippen MR) is 138 cm³/mol. The molecule has 2 aromatic carbocycles. The molecule has 0 radical (unpaired) electrons. The van der Waals surface area contributed by atoms with E-state index >= 15 is 0 Å². The van der Waals surface area contributed by atoms with Gasteiger partial charge in [-0.15, -0.1) is 0 Å². The van der Waals surface area contributed by atoms with Crippen molar-refractivity contribution in [2.45, 2.75) is 20.0 Å². The zero-order chi connectivity index (χ0) is 26.4. The number of hydrazine groups is 1. The fourth-order valence-corrected chi connectivity index (χ4v) is 4.29. The van der Waals surface area contributed by atoms with Crippen LogP contribution in [0.1, 0.15) is 23.6 Å². The van der Waals surface area contributed by atoms with E-state index in [4.69, 9.17) is 4.84 Å². The Labute approximate surface area is 215 Å². The highest BCUT2D eigenvalue weighted by Gasteiger charge is 2.28. The van der Waals surface area contributed by atoms with Gasteiger partial charge < -0.3 is 15.5 Å². The number of aliphatic imine (C=N–C) groups is 1. The van der Waals surface area contributed by atoms with Gasteiger partial charge in [-0.1, -0.05) is 25.6 Å². The highest BCUT2D eigenvalue weighted by Crippen LogP contribution is 2.26. The first-order valence-electron chi connectivity index (χ1n) is 12.2. The number of carbonyl (C=O) groups is 1. The van der Waals surface area contributed by atoms with E-state index in [-0.39, 0.29) is 30.6 Å². The third kappa shape index (κ3) is 6.43. The van der Waals surface area contributed by atoms with Gasteiger partial charge in [-0.3, -0.25) is 14.6 Å². The third-order valence-corrected chi connectivity index (χ3v) is 6.36. The fourth-order valence-electron chi connectivity index (χ4n) is 4.29. The van der Waals surface area contributed by atoms with Crippen LogP contribution in [0, 0.1) is 11.6 Å². The lowest BCUT2D eigenvalue weighted by Crippen LogP contribution is -2.46. The summed E-state index contributed by atoms with van der Waals surface area (Å²) in [6.07, 6.45) is 0. The molecule has 0 spiro atoms. The van der Waals surface area contributed by atoms with E-state index in [1.165, 1.54) is 17.1 Å². The summed E-state index contributed by atoms with van der Waals surface area (Å²) in [5.41, 5.74) is 5.67. The molecule has 0 bridgehead atoms. The van der Waals surface area contributed by atoms with Crippen LogP contribution in [0.2, 0.25) is 0 Å². The maximum Gasteiger partial charge on any atom is 0.256 e. The topological polar surface area (TPSA) is 84.5 Å². The molecule has 0 aromatic heterocycles. The van der Waals surface area contributed by atoms with Crippen LogP contribution in [0.3, 0.4) is 0 Å². The van der Waals surface area contributed by atoms with Crippen molar-refractivity contribution >= 4 is 17.4 Å². The molecule has 2 aliphatic rings. The van der Waals surface area contributed by atoms with Crippen LogP contribution in [-0.2, 0) is 22.7 Å². The summed E-state index contributed by atoms with van der Waals surface area (Å²) in [4.78, 5) is 24.4. The first-order valence-corrected chi connectivity index (χ1v) is 12.2. The molecule has 37 heavy (non-hydrogen) atoms. The maximum atomic E-state index is 14.6. The van der Waals surface area contributed by atoms with E-state index in [2.05, 4.69) is 27.7 Å². The molecule has 9 nitrogen and oxygen atoms in total. The molecule has 0 saturated carbocycles. The summed E-state index contributed by atoms with van der Waals surface area (Å²) in [6, 6.07) is 9.58. The van der Waals surface area contributed by atoms with Crippen LogP contribution < -0.4 is 21.0 Å². The SMILES string of the molecule is C=C(CN(CC(=O)N(C)N1Cc2cccc(F)c2C1)c1ccc(F)c(C2=NCON2)c1)NCCNCC. The lowest BCUT2D eigenvalue weighted by atomic mass is 10.1. The largest absolute Gasteiger partial charge is 0.386 e. The minimum atomic E-state index is -0.455. The number of nitrogens with one attached hydrogen (secondary N) is 3. The first-order chi connectivity index (χ1) is 17.9. The quantitative estimate of drug-likeness (QED) is 0.375. The minimum absolute atomic E-state index is 0.00120. The molecule has 0 atom stereocenters. The molecule has 3 N–H and O–H groups in total. The van der Waals surface area contributed by atoms with Gasteiger partial charge in [0, 0.05) is 50.2 Å². The second-order valence-corrected chi connectivity index (χ2v) is 8.90. The van der Waals surface area contributed by atoms with Gasteiger partial charge in [0.2, 0.25) is 0 Å². The lowest BCUT2D eigenvalue weighted by Gasteiger charge is -2.32. The number of nitrogens with zero attached hydrogens (tertiary/aromatic N) is 4. The average Bonchev–Trinajstić information content (AvgIpc) is 3.57. The van der Waals surface area contributed by atoms with Gasteiger partial charge in [0.15, 0.2) is 12.6 Å². The van der Waals surface area contributed by atoms with Gasteiger partial charge in [0.1, 0.15) is 11.6 Å². The van der Waals surface area contributed by atoms with Gasteiger partial charge in [0.05, 0.1) is 18.7 Å². The third-order valence-electron chi connectivity index (χ3n) is 6.36. The molecule has 1 amide bonds.